The van der Waals surface area contributed by atoms with Gasteiger partial charge in [0, 0.05) is 51.4 Å². The summed E-state index contributed by atoms with van der Waals surface area (Å²) in [6.07, 6.45) is 8.25. The molecule has 2 aromatic heterocycles. The van der Waals surface area contributed by atoms with Crippen molar-refractivity contribution in [3.63, 3.8) is 0 Å². The monoisotopic (exact) mass is 468 g/mol. The minimum absolute atomic E-state index is 0.0995. The van der Waals surface area contributed by atoms with E-state index in [0.717, 1.165) is 63.6 Å². The molecule has 2 amide bonds. The Labute approximate surface area is 201 Å². The molecule has 0 aliphatic carbocycles. The van der Waals surface area contributed by atoms with E-state index in [1.807, 2.05) is 38.1 Å². The first-order valence-corrected chi connectivity index (χ1v) is 12.0. The summed E-state index contributed by atoms with van der Waals surface area (Å²) >= 11 is 0. The fourth-order valence-electron chi connectivity index (χ4n) is 3.78. The topological polar surface area (TPSA) is 91.0 Å². The average molecular weight is 469 g/mol. The number of carbonyl (C=O) groups is 2. The molecule has 2 N–H and O–H groups in total. The summed E-state index contributed by atoms with van der Waals surface area (Å²) in [6.45, 7) is 11.2. The number of nitrogens with one attached hydrogen (secondary N) is 2. The van der Waals surface area contributed by atoms with Gasteiger partial charge >= 0.3 is 0 Å². The second-order valence-corrected chi connectivity index (χ2v) is 8.54. The third-order valence-electron chi connectivity index (χ3n) is 5.69. The lowest BCUT2D eigenvalue weighted by molar-refractivity contribution is -0.117. The molecule has 0 spiro atoms. The summed E-state index contributed by atoms with van der Waals surface area (Å²) in [5.74, 6) is 2.83. The van der Waals surface area contributed by atoms with Crippen molar-refractivity contribution < 1.29 is 18.4 Å². The largest absolute Gasteiger partial charge is 0.462 e. The van der Waals surface area contributed by atoms with Gasteiger partial charge in [0.15, 0.2) is 0 Å². The second-order valence-electron chi connectivity index (χ2n) is 8.54. The average Bonchev–Trinajstić information content (AvgIpc) is 3.45. The quantitative estimate of drug-likeness (QED) is 0.368. The van der Waals surface area contributed by atoms with E-state index in [-0.39, 0.29) is 11.8 Å². The van der Waals surface area contributed by atoms with Gasteiger partial charge in [0.2, 0.25) is 11.8 Å². The second kappa shape index (κ2) is 13.6. The Morgan fingerprint density at radius 3 is 1.53 bits per heavy atom. The molecule has 3 heterocycles. The van der Waals surface area contributed by atoms with Crippen LogP contribution in [0.2, 0.25) is 0 Å². The molecule has 1 saturated heterocycles. The van der Waals surface area contributed by atoms with Crippen molar-refractivity contribution >= 4 is 24.0 Å². The van der Waals surface area contributed by atoms with Crippen molar-refractivity contribution in [1.29, 1.82) is 0 Å². The number of rotatable bonds is 12. The minimum Gasteiger partial charge on any atom is -0.462 e. The highest BCUT2D eigenvalue weighted by atomic mass is 16.3. The van der Waals surface area contributed by atoms with Crippen LogP contribution in [0.25, 0.3) is 12.2 Å². The first-order chi connectivity index (χ1) is 16.5. The standard InChI is InChI=1S/C26H36N4O4/c1-21-5-7-23(33-21)9-11-25(31)27-13-3-15-29-17-19-30(20-18-29)16-4-14-28-26(32)12-10-24-8-6-22(2)34-24/h5-12H,3-4,13-20H2,1-2H3,(H,27,31)(H,28,32). The van der Waals surface area contributed by atoms with E-state index >= 15 is 0 Å². The summed E-state index contributed by atoms with van der Waals surface area (Å²) in [5.41, 5.74) is 0. The van der Waals surface area contributed by atoms with Crippen molar-refractivity contribution in [3.05, 3.63) is 59.5 Å². The summed E-state index contributed by atoms with van der Waals surface area (Å²) in [6, 6.07) is 7.44. The van der Waals surface area contributed by atoms with Crippen LogP contribution >= 0.6 is 0 Å². The Hall–Kier alpha value is -3.10. The fourth-order valence-corrected chi connectivity index (χ4v) is 3.78. The third-order valence-corrected chi connectivity index (χ3v) is 5.69. The Balaban J connectivity index is 1.18. The van der Waals surface area contributed by atoms with E-state index in [1.54, 1.807) is 12.2 Å². The number of hydrogen-bond donors (Lipinski definition) is 2. The Morgan fingerprint density at radius 1 is 0.765 bits per heavy atom. The molecule has 3 rings (SSSR count). The maximum Gasteiger partial charge on any atom is 0.244 e. The fraction of sp³-hybridized carbons (Fsp3) is 0.462. The molecule has 0 radical (unpaired) electrons. The van der Waals surface area contributed by atoms with Gasteiger partial charge in [0.25, 0.3) is 0 Å². The number of aryl methyl sites for hydroxylation is 2. The lowest BCUT2D eigenvalue weighted by atomic mass is 10.2. The van der Waals surface area contributed by atoms with Gasteiger partial charge in [-0.15, -0.1) is 0 Å². The smallest absolute Gasteiger partial charge is 0.244 e. The Bertz CT molecular complexity index is 889. The van der Waals surface area contributed by atoms with Gasteiger partial charge in [-0.25, -0.2) is 0 Å². The lowest BCUT2D eigenvalue weighted by Gasteiger charge is -2.34. The van der Waals surface area contributed by atoms with Crippen LogP contribution in [0.3, 0.4) is 0 Å². The van der Waals surface area contributed by atoms with E-state index < -0.39 is 0 Å². The number of nitrogens with zero attached hydrogens (tertiary/aromatic N) is 2. The zero-order chi connectivity index (χ0) is 24.2. The number of piperazine rings is 1. The summed E-state index contributed by atoms with van der Waals surface area (Å²) < 4.78 is 10.8. The van der Waals surface area contributed by atoms with Gasteiger partial charge in [-0.3, -0.25) is 9.59 Å². The SMILES string of the molecule is Cc1ccc(C=CC(=O)NCCCN2CCN(CCCNC(=O)C=Cc3ccc(C)o3)CC2)o1. The molecule has 1 aliphatic heterocycles. The first kappa shape index (κ1) is 25.5. The van der Waals surface area contributed by atoms with E-state index in [1.165, 1.54) is 12.2 Å². The highest BCUT2D eigenvalue weighted by Gasteiger charge is 2.16. The van der Waals surface area contributed by atoms with Crippen LogP contribution in [0.15, 0.2) is 45.3 Å². The molecule has 8 heteroatoms. The molecule has 34 heavy (non-hydrogen) atoms. The van der Waals surface area contributed by atoms with Gasteiger partial charge in [-0.05, 0) is 76.2 Å². The van der Waals surface area contributed by atoms with Crippen molar-refractivity contribution in [2.45, 2.75) is 26.7 Å². The van der Waals surface area contributed by atoms with Crippen LogP contribution in [-0.2, 0) is 9.59 Å². The van der Waals surface area contributed by atoms with Crippen LogP contribution in [0, 0.1) is 13.8 Å². The summed E-state index contributed by atoms with van der Waals surface area (Å²) in [5, 5.41) is 5.84. The molecule has 8 nitrogen and oxygen atoms in total. The van der Waals surface area contributed by atoms with E-state index in [2.05, 4.69) is 20.4 Å². The molecule has 1 fully saturated rings. The maximum atomic E-state index is 11.9. The maximum absolute atomic E-state index is 11.9. The van der Waals surface area contributed by atoms with E-state index in [9.17, 15) is 9.59 Å². The number of amides is 2. The van der Waals surface area contributed by atoms with Gasteiger partial charge in [0.05, 0.1) is 0 Å². The van der Waals surface area contributed by atoms with Gasteiger partial charge in [-0.1, -0.05) is 0 Å². The molecule has 0 aromatic carbocycles. The van der Waals surface area contributed by atoms with E-state index in [4.69, 9.17) is 8.83 Å². The summed E-state index contributed by atoms with van der Waals surface area (Å²) in [7, 11) is 0. The zero-order valence-corrected chi connectivity index (χ0v) is 20.2. The van der Waals surface area contributed by atoms with Gasteiger partial charge in [0.1, 0.15) is 23.0 Å². The molecule has 184 valence electrons. The zero-order valence-electron chi connectivity index (χ0n) is 20.2. The molecule has 0 unspecified atom stereocenters. The van der Waals surface area contributed by atoms with Crippen LogP contribution in [0.4, 0.5) is 0 Å². The van der Waals surface area contributed by atoms with Crippen molar-refractivity contribution in [2.24, 2.45) is 0 Å². The predicted octanol–water partition coefficient (Wildman–Crippen LogP) is 2.85. The molecule has 0 saturated carbocycles. The molecular formula is C26H36N4O4. The van der Waals surface area contributed by atoms with Gasteiger partial charge in [-0.2, -0.15) is 0 Å². The third kappa shape index (κ3) is 9.41. The van der Waals surface area contributed by atoms with Crippen molar-refractivity contribution in [2.75, 3.05) is 52.4 Å². The lowest BCUT2D eigenvalue weighted by Crippen LogP contribution is -2.47. The first-order valence-electron chi connectivity index (χ1n) is 12.0. The van der Waals surface area contributed by atoms with Gasteiger partial charge < -0.3 is 29.3 Å². The molecule has 1 aliphatic rings. The molecular weight excluding hydrogens is 432 g/mol. The van der Waals surface area contributed by atoms with Crippen LogP contribution in [0.5, 0.6) is 0 Å². The summed E-state index contributed by atoms with van der Waals surface area (Å²) in [4.78, 5) is 28.7. The molecule has 0 atom stereocenters. The highest BCUT2D eigenvalue weighted by Crippen LogP contribution is 2.08. The predicted molar refractivity (Wildman–Crippen MR) is 133 cm³/mol. The van der Waals surface area contributed by atoms with Crippen molar-refractivity contribution in [3.8, 4) is 0 Å². The molecule has 2 aromatic rings. The Kier molecular flexibility index (Phi) is 10.2. The number of carbonyl (C=O) groups excluding carboxylic acids is 2. The van der Waals surface area contributed by atoms with Crippen LogP contribution in [0.1, 0.15) is 35.9 Å². The minimum atomic E-state index is -0.0995. The number of hydrogen-bond acceptors (Lipinski definition) is 6. The Morgan fingerprint density at radius 2 is 1.18 bits per heavy atom. The van der Waals surface area contributed by atoms with E-state index in [0.29, 0.717) is 24.6 Å². The highest BCUT2D eigenvalue weighted by molar-refractivity contribution is 5.91. The molecule has 0 bridgehead atoms. The number of furan rings is 2. The van der Waals surface area contributed by atoms with Crippen LogP contribution in [-0.4, -0.2) is 74.0 Å². The van der Waals surface area contributed by atoms with Crippen molar-refractivity contribution in [1.82, 2.24) is 20.4 Å². The van der Waals surface area contributed by atoms with Crippen LogP contribution < -0.4 is 10.6 Å². The normalized spacial score (nSPS) is 15.4.